The highest BCUT2D eigenvalue weighted by Crippen LogP contribution is 2.28. The van der Waals surface area contributed by atoms with Crippen molar-refractivity contribution in [3.05, 3.63) is 60.3 Å². The van der Waals surface area contributed by atoms with E-state index in [1.54, 1.807) is 18.2 Å². The number of nitrogens with zero attached hydrogens (tertiary/aromatic N) is 2. The fourth-order valence-electron chi connectivity index (χ4n) is 3.78. The first-order valence-corrected chi connectivity index (χ1v) is 11.0. The molecule has 0 aliphatic carbocycles. The van der Waals surface area contributed by atoms with Gasteiger partial charge >= 0.3 is 5.97 Å². The molecular weight excluding hydrogens is 388 g/mol. The van der Waals surface area contributed by atoms with Gasteiger partial charge in [0.25, 0.3) is 0 Å². The Morgan fingerprint density at radius 2 is 1.87 bits per heavy atom. The molecule has 0 aliphatic rings. The van der Waals surface area contributed by atoms with E-state index in [-0.39, 0.29) is 5.56 Å². The molecule has 6 nitrogen and oxygen atoms in total. The van der Waals surface area contributed by atoms with Gasteiger partial charge in [-0.05, 0) is 75.8 Å². The van der Waals surface area contributed by atoms with Crippen molar-refractivity contribution in [3.63, 3.8) is 0 Å². The summed E-state index contributed by atoms with van der Waals surface area (Å²) in [4.78, 5) is 18.4. The minimum Gasteiger partial charge on any atom is -0.478 e. The number of benzene rings is 2. The van der Waals surface area contributed by atoms with Crippen LogP contribution in [-0.4, -0.2) is 46.6 Å². The Morgan fingerprint density at radius 1 is 1.10 bits per heavy atom. The number of carboxylic acids is 1. The van der Waals surface area contributed by atoms with Crippen molar-refractivity contribution in [2.45, 2.75) is 39.7 Å². The average Bonchev–Trinajstić information content (AvgIpc) is 2.77. The van der Waals surface area contributed by atoms with E-state index in [0.29, 0.717) is 11.7 Å². The third kappa shape index (κ3) is 5.95. The molecule has 1 heterocycles. The van der Waals surface area contributed by atoms with Gasteiger partial charge in [0.15, 0.2) is 0 Å². The van der Waals surface area contributed by atoms with Gasteiger partial charge < -0.3 is 20.6 Å². The van der Waals surface area contributed by atoms with Crippen LogP contribution < -0.4 is 10.6 Å². The van der Waals surface area contributed by atoms with Gasteiger partial charge in [0.2, 0.25) is 0 Å². The van der Waals surface area contributed by atoms with Crippen LogP contribution in [0.5, 0.6) is 0 Å². The normalized spacial score (nSPS) is 12.1. The molecule has 0 bridgehead atoms. The molecule has 0 aliphatic heterocycles. The standard InChI is InChI=1S/C25H32N4O2/c1-4-29(5-2)16-8-9-18(3)27-23-14-15-26-24-17-19(12-13-20(23)24)28-22-11-7-6-10-21(22)25(30)31/h6-7,10-15,17-18,28H,4-5,8-9,16H2,1-3H3,(H,26,27)(H,30,31). The summed E-state index contributed by atoms with van der Waals surface area (Å²) in [6, 6.07) is 15.2. The molecule has 31 heavy (non-hydrogen) atoms. The number of anilines is 3. The fraction of sp³-hybridized carbons (Fsp3) is 0.360. The first kappa shape index (κ1) is 22.6. The maximum Gasteiger partial charge on any atom is 0.337 e. The van der Waals surface area contributed by atoms with Crippen LogP contribution in [0.2, 0.25) is 0 Å². The van der Waals surface area contributed by atoms with Crippen LogP contribution in [0.25, 0.3) is 10.9 Å². The predicted octanol–water partition coefficient (Wildman–Crippen LogP) is 5.60. The highest BCUT2D eigenvalue weighted by atomic mass is 16.4. The van der Waals surface area contributed by atoms with E-state index < -0.39 is 5.97 Å². The molecule has 1 aromatic heterocycles. The van der Waals surface area contributed by atoms with Crippen LogP contribution in [0.15, 0.2) is 54.7 Å². The monoisotopic (exact) mass is 420 g/mol. The molecule has 3 N–H and O–H groups in total. The SMILES string of the molecule is CCN(CC)CCCC(C)Nc1ccnc2cc(Nc3ccccc3C(=O)O)ccc12. The number of aromatic carboxylic acids is 1. The lowest BCUT2D eigenvalue weighted by molar-refractivity contribution is 0.0698. The summed E-state index contributed by atoms with van der Waals surface area (Å²) in [5, 5.41) is 17.3. The second kappa shape index (κ2) is 10.8. The lowest BCUT2D eigenvalue weighted by Crippen LogP contribution is -2.25. The van der Waals surface area contributed by atoms with Crippen molar-refractivity contribution in [2.24, 2.45) is 0 Å². The van der Waals surface area contributed by atoms with Gasteiger partial charge in [-0.25, -0.2) is 4.79 Å². The number of rotatable bonds is 11. The Hall–Kier alpha value is -3.12. The van der Waals surface area contributed by atoms with Gasteiger partial charge in [0, 0.05) is 29.0 Å². The molecule has 0 saturated carbocycles. The number of hydrogen-bond donors (Lipinski definition) is 3. The van der Waals surface area contributed by atoms with E-state index in [2.05, 4.69) is 41.3 Å². The fourth-order valence-corrected chi connectivity index (χ4v) is 3.78. The third-order valence-electron chi connectivity index (χ3n) is 5.59. The van der Waals surface area contributed by atoms with Gasteiger partial charge in [0.05, 0.1) is 16.8 Å². The van der Waals surface area contributed by atoms with Crippen LogP contribution in [0.1, 0.15) is 44.0 Å². The largest absolute Gasteiger partial charge is 0.478 e. The van der Waals surface area contributed by atoms with Crippen molar-refractivity contribution in [1.82, 2.24) is 9.88 Å². The minimum absolute atomic E-state index is 0.240. The zero-order chi connectivity index (χ0) is 22.2. The van der Waals surface area contributed by atoms with Crippen LogP contribution in [-0.2, 0) is 0 Å². The second-order valence-corrected chi connectivity index (χ2v) is 7.78. The minimum atomic E-state index is -0.955. The molecule has 0 amide bonds. The lowest BCUT2D eigenvalue weighted by atomic mass is 10.1. The van der Waals surface area contributed by atoms with Gasteiger partial charge in [-0.15, -0.1) is 0 Å². The van der Waals surface area contributed by atoms with Crippen LogP contribution >= 0.6 is 0 Å². The first-order valence-electron chi connectivity index (χ1n) is 11.0. The quantitative estimate of drug-likeness (QED) is 0.375. The van der Waals surface area contributed by atoms with Crippen molar-refractivity contribution in [3.8, 4) is 0 Å². The number of carbonyl (C=O) groups is 1. The number of hydrogen-bond acceptors (Lipinski definition) is 5. The summed E-state index contributed by atoms with van der Waals surface area (Å²) in [5.74, 6) is -0.955. The molecule has 2 aromatic carbocycles. The number of pyridine rings is 1. The molecule has 3 rings (SSSR count). The molecule has 1 atom stereocenters. The zero-order valence-electron chi connectivity index (χ0n) is 18.6. The Balaban J connectivity index is 1.71. The summed E-state index contributed by atoms with van der Waals surface area (Å²) in [6.07, 6.45) is 4.07. The number of nitrogens with one attached hydrogen (secondary N) is 2. The van der Waals surface area contributed by atoms with Crippen molar-refractivity contribution >= 4 is 33.9 Å². The molecule has 3 aromatic rings. The number of carboxylic acid groups (broad SMARTS) is 1. The summed E-state index contributed by atoms with van der Waals surface area (Å²) < 4.78 is 0. The van der Waals surface area contributed by atoms with Crippen LogP contribution in [0, 0.1) is 0 Å². The summed E-state index contributed by atoms with van der Waals surface area (Å²) in [7, 11) is 0. The molecule has 0 fully saturated rings. The van der Waals surface area contributed by atoms with Crippen LogP contribution in [0.3, 0.4) is 0 Å². The summed E-state index contributed by atoms with van der Waals surface area (Å²) in [6.45, 7) is 9.95. The molecule has 0 saturated heterocycles. The van der Waals surface area contributed by atoms with Gasteiger partial charge in [-0.3, -0.25) is 4.98 Å². The topological polar surface area (TPSA) is 77.5 Å². The van der Waals surface area contributed by atoms with E-state index in [9.17, 15) is 9.90 Å². The first-order chi connectivity index (χ1) is 15.0. The Morgan fingerprint density at radius 3 is 2.61 bits per heavy atom. The van der Waals surface area contributed by atoms with E-state index in [1.807, 2.05) is 36.5 Å². The van der Waals surface area contributed by atoms with E-state index >= 15 is 0 Å². The van der Waals surface area contributed by atoms with Crippen molar-refractivity contribution < 1.29 is 9.90 Å². The number of para-hydroxylation sites is 1. The molecular formula is C25H32N4O2. The zero-order valence-corrected chi connectivity index (χ0v) is 18.6. The highest BCUT2D eigenvalue weighted by Gasteiger charge is 2.11. The van der Waals surface area contributed by atoms with Crippen LogP contribution in [0.4, 0.5) is 17.1 Å². The molecule has 1 unspecified atom stereocenters. The molecule has 6 heteroatoms. The summed E-state index contributed by atoms with van der Waals surface area (Å²) >= 11 is 0. The average molecular weight is 421 g/mol. The molecule has 164 valence electrons. The van der Waals surface area contributed by atoms with E-state index in [0.717, 1.165) is 54.8 Å². The Bertz CT molecular complexity index is 1020. The Kier molecular flexibility index (Phi) is 7.84. The summed E-state index contributed by atoms with van der Waals surface area (Å²) in [5.41, 5.74) is 3.53. The Labute approximate surface area is 184 Å². The number of aromatic nitrogens is 1. The van der Waals surface area contributed by atoms with Gasteiger partial charge in [-0.1, -0.05) is 26.0 Å². The second-order valence-electron chi connectivity index (χ2n) is 7.78. The van der Waals surface area contributed by atoms with Gasteiger partial charge in [-0.2, -0.15) is 0 Å². The molecule has 0 spiro atoms. The van der Waals surface area contributed by atoms with Crippen molar-refractivity contribution in [1.29, 1.82) is 0 Å². The highest BCUT2D eigenvalue weighted by molar-refractivity contribution is 5.97. The van der Waals surface area contributed by atoms with E-state index in [4.69, 9.17) is 0 Å². The van der Waals surface area contributed by atoms with Gasteiger partial charge in [0.1, 0.15) is 0 Å². The lowest BCUT2D eigenvalue weighted by Gasteiger charge is -2.21. The maximum atomic E-state index is 11.5. The predicted molar refractivity (Wildman–Crippen MR) is 129 cm³/mol. The molecule has 0 radical (unpaired) electrons. The maximum absolute atomic E-state index is 11.5. The third-order valence-corrected chi connectivity index (χ3v) is 5.59. The van der Waals surface area contributed by atoms with E-state index in [1.165, 1.54) is 0 Å². The smallest absolute Gasteiger partial charge is 0.337 e. The number of fused-ring (bicyclic) bond motifs is 1. The van der Waals surface area contributed by atoms with Crippen molar-refractivity contribution in [2.75, 3.05) is 30.3 Å².